The van der Waals surface area contributed by atoms with E-state index < -0.39 is 11.2 Å². The summed E-state index contributed by atoms with van der Waals surface area (Å²) in [4.78, 5) is 36.0. The Morgan fingerprint density at radius 1 is 1.41 bits per heavy atom. The Bertz CT molecular complexity index is 1160. The lowest BCUT2D eigenvalue weighted by Crippen LogP contribution is -2.55. The van der Waals surface area contributed by atoms with E-state index in [0.29, 0.717) is 23.4 Å². The van der Waals surface area contributed by atoms with Gasteiger partial charge in [-0.25, -0.2) is 9.97 Å². The molecule has 4 rings (SSSR count). The lowest BCUT2D eigenvalue weighted by Gasteiger charge is -2.42. The monoisotopic (exact) mass is 392 g/mol. The molecule has 0 bridgehead atoms. The van der Waals surface area contributed by atoms with Crippen LogP contribution >= 0.6 is 0 Å². The van der Waals surface area contributed by atoms with E-state index in [1.807, 2.05) is 18.0 Å². The van der Waals surface area contributed by atoms with Crippen molar-refractivity contribution >= 4 is 23.2 Å². The third-order valence-electron chi connectivity index (χ3n) is 5.52. The van der Waals surface area contributed by atoms with Gasteiger partial charge in [0, 0.05) is 13.6 Å². The molecule has 10 heteroatoms. The number of piperidine rings is 1. The number of nitrogens with one attached hydrogen (secondary N) is 2. The van der Waals surface area contributed by atoms with Crippen molar-refractivity contribution in [2.45, 2.75) is 25.4 Å². The number of nitriles is 1. The minimum atomic E-state index is -1.01. The van der Waals surface area contributed by atoms with E-state index in [0.717, 1.165) is 13.0 Å². The highest BCUT2D eigenvalue weighted by atomic mass is 16.2. The number of hydrogen-bond donors (Lipinski definition) is 3. The summed E-state index contributed by atoms with van der Waals surface area (Å²) < 4.78 is 1.47. The van der Waals surface area contributed by atoms with E-state index in [4.69, 9.17) is 5.73 Å². The van der Waals surface area contributed by atoms with Crippen molar-refractivity contribution < 1.29 is 4.79 Å². The Labute approximate surface area is 166 Å². The first-order valence-electron chi connectivity index (χ1n) is 9.08. The smallest absolute Gasteiger partial charge is 0.277 e. The van der Waals surface area contributed by atoms with Crippen LogP contribution in [0.2, 0.25) is 0 Å². The fraction of sp³-hybridized carbons (Fsp3) is 0.316. The van der Waals surface area contributed by atoms with Gasteiger partial charge in [-0.1, -0.05) is 6.58 Å². The number of nitrogens with zero attached hydrogens (tertiary/aromatic N) is 5. The van der Waals surface area contributed by atoms with Crippen molar-refractivity contribution in [3.8, 4) is 6.07 Å². The van der Waals surface area contributed by atoms with Crippen LogP contribution in [0.3, 0.4) is 0 Å². The summed E-state index contributed by atoms with van der Waals surface area (Å²) in [5, 5.41) is 15.2. The molecule has 1 spiro atoms. The summed E-state index contributed by atoms with van der Waals surface area (Å²) in [6, 6.07) is 3.51. The number of hydrogen-bond acceptors (Lipinski definition) is 8. The highest BCUT2D eigenvalue weighted by Gasteiger charge is 2.49. The first-order valence-corrected chi connectivity index (χ1v) is 9.08. The standard InChI is InChI=1S/C19H20N8O2/c1-10-7-13(24-16-12(8-20)15(21)22-9-23-16)18(29)27-14(10)17(28)25-19(27)5-4-6-26(3)11(19)2/h7,9H,2,4-6H2,1,3H3,(H,25,28)(H3,21,22,23,24)/t19-/m0/s1. The van der Waals surface area contributed by atoms with Gasteiger partial charge in [0.15, 0.2) is 11.5 Å². The molecule has 4 heterocycles. The maximum atomic E-state index is 13.5. The Balaban J connectivity index is 1.91. The number of aryl methyl sites for hydroxylation is 1. The molecule has 1 atom stereocenters. The number of rotatable bonds is 2. The highest BCUT2D eigenvalue weighted by Crippen LogP contribution is 2.38. The fourth-order valence-electron chi connectivity index (χ4n) is 4.06. The third-order valence-corrected chi connectivity index (χ3v) is 5.52. The van der Waals surface area contributed by atoms with Crippen molar-refractivity contribution in [1.29, 1.82) is 5.26 Å². The molecule has 148 valence electrons. The number of amides is 1. The lowest BCUT2D eigenvalue weighted by atomic mass is 9.95. The van der Waals surface area contributed by atoms with Crippen LogP contribution in [-0.4, -0.2) is 38.9 Å². The molecule has 2 aromatic rings. The normalized spacial score (nSPS) is 20.4. The van der Waals surface area contributed by atoms with Gasteiger partial charge in [-0.3, -0.25) is 14.2 Å². The van der Waals surface area contributed by atoms with E-state index in [9.17, 15) is 14.9 Å². The molecule has 1 saturated heterocycles. The van der Waals surface area contributed by atoms with Crippen LogP contribution in [0.1, 0.15) is 34.5 Å². The SMILES string of the molecule is C=C1N(C)CCC[C@@]12NC(=O)c1c(C)cc(Nc3ncnc(N)c3C#N)c(=O)n12. The molecular weight excluding hydrogens is 372 g/mol. The summed E-state index contributed by atoms with van der Waals surface area (Å²) in [6.45, 7) is 6.69. The zero-order chi connectivity index (χ0) is 20.9. The molecule has 0 aromatic carbocycles. The second-order valence-electron chi connectivity index (χ2n) is 7.24. The van der Waals surface area contributed by atoms with Gasteiger partial charge in [0.05, 0.1) is 5.70 Å². The Morgan fingerprint density at radius 2 is 2.17 bits per heavy atom. The maximum Gasteiger partial charge on any atom is 0.277 e. The minimum Gasteiger partial charge on any atom is -0.382 e. The van der Waals surface area contributed by atoms with Crippen LogP contribution in [0, 0.1) is 18.3 Å². The number of likely N-dealkylation sites (N-methyl/N-ethyl adjacent to an activating group) is 1. The summed E-state index contributed by atoms with van der Waals surface area (Å²) >= 11 is 0. The molecule has 10 nitrogen and oxygen atoms in total. The lowest BCUT2D eigenvalue weighted by molar-refractivity contribution is 0.0887. The molecule has 0 saturated carbocycles. The molecule has 2 aromatic heterocycles. The molecule has 4 N–H and O–H groups in total. The number of pyridine rings is 1. The van der Waals surface area contributed by atoms with E-state index >= 15 is 0 Å². The van der Waals surface area contributed by atoms with Gasteiger partial charge in [0.2, 0.25) is 0 Å². The van der Waals surface area contributed by atoms with Gasteiger partial charge in [-0.05, 0) is 31.4 Å². The van der Waals surface area contributed by atoms with Crippen molar-refractivity contribution in [1.82, 2.24) is 24.8 Å². The van der Waals surface area contributed by atoms with Crippen molar-refractivity contribution in [3.63, 3.8) is 0 Å². The highest BCUT2D eigenvalue weighted by molar-refractivity contribution is 5.97. The van der Waals surface area contributed by atoms with Gasteiger partial charge in [0.25, 0.3) is 11.5 Å². The van der Waals surface area contributed by atoms with E-state index in [-0.39, 0.29) is 28.8 Å². The largest absolute Gasteiger partial charge is 0.382 e. The van der Waals surface area contributed by atoms with Gasteiger partial charge in [-0.2, -0.15) is 5.26 Å². The van der Waals surface area contributed by atoms with Gasteiger partial charge in [-0.15, -0.1) is 0 Å². The molecule has 1 amide bonds. The fourth-order valence-corrected chi connectivity index (χ4v) is 4.06. The average Bonchev–Trinajstić information content (AvgIpc) is 2.97. The number of aromatic nitrogens is 3. The molecule has 29 heavy (non-hydrogen) atoms. The van der Waals surface area contributed by atoms with E-state index in [1.165, 1.54) is 10.9 Å². The van der Waals surface area contributed by atoms with Crippen LogP contribution in [0.5, 0.6) is 0 Å². The summed E-state index contributed by atoms with van der Waals surface area (Å²) in [7, 11) is 1.89. The minimum absolute atomic E-state index is 0.0126. The molecular formula is C19H20N8O2. The summed E-state index contributed by atoms with van der Waals surface area (Å²) in [5.41, 5.74) is 6.10. The van der Waals surface area contributed by atoms with Crippen molar-refractivity contribution in [3.05, 3.63) is 51.8 Å². The van der Waals surface area contributed by atoms with Crippen molar-refractivity contribution in [2.75, 3.05) is 24.6 Å². The maximum absolute atomic E-state index is 13.5. The molecule has 2 aliphatic rings. The number of likely N-dealkylation sites (tertiary alicyclic amines) is 1. The van der Waals surface area contributed by atoms with Crippen LogP contribution < -0.4 is 21.9 Å². The molecule has 0 radical (unpaired) electrons. The topological polar surface area (TPSA) is 142 Å². The molecule has 0 unspecified atom stereocenters. The Morgan fingerprint density at radius 3 is 2.90 bits per heavy atom. The Kier molecular flexibility index (Phi) is 4.04. The van der Waals surface area contributed by atoms with Crippen LogP contribution in [-0.2, 0) is 5.66 Å². The predicted molar refractivity (Wildman–Crippen MR) is 106 cm³/mol. The first kappa shape index (κ1) is 18.5. The van der Waals surface area contributed by atoms with Crippen molar-refractivity contribution in [2.24, 2.45) is 0 Å². The van der Waals surface area contributed by atoms with E-state index in [1.54, 1.807) is 13.0 Å². The predicted octanol–water partition coefficient (Wildman–Crippen LogP) is 0.780. The number of fused-ring (bicyclic) bond motifs is 2. The zero-order valence-electron chi connectivity index (χ0n) is 16.1. The third kappa shape index (κ3) is 2.55. The molecule has 2 aliphatic heterocycles. The second kappa shape index (κ2) is 6.34. The number of carbonyl (C=O) groups is 1. The Hall–Kier alpha value is -3.87. The number of nitrogen functional groups attached to an aromatic ring is 1. The van der Waals surface area contributed by atoms with Gasteiger partial charge in [0.1, 0.15) is 35.2 Å². The summed E-state index contributed by atoms with van der Waals surface area (Å²) in [5.74, 6) is -0.173. The van der Waals surface area contributed by atoms with Gasteiger partial charge < -0.3 is 21.3 Å². The molecule has 0 aliphatic carbocycles. The summed E-state index contributed by atoms with van der Waals surface area (Å²) in [6.07, 6.45) is 2.56. The molecule has 1 fully saturated rings. The van der Waals surface area contributed by atoms with Crippen LogP contribution in [0.25, 0.3) is 0 Å². The number of anilines is 3. The van der Waals surface area contributed by atoms with E-state index in [2.05, 4.69) is 27.2 Å². The average molecular weight is 392 g/mol. The van der Waals surface area contributed by atoms with Crippen LogP contribution in [0.4, 0.5) is 17.3 Å². The second-order valence-corrected chi connectivity index (χ2v) is 7.24. The quantitative estimate of drug-likeness (QED) is 0.681. The van der Waals surface area contributed by atoms with Crippen LogP contribution in [0.15, 0.2) is 29.5 Å². The van der Waals surface area contributed by atoms with Gasteiger partial charge >= 0.3 is 0 Å². The number of nitrogens with two attached hydrogens (primary N) is 1. The first-order chi connectivity index (χ1) is 13.8. The zero-order valence-corrected chi connectivity index (χ0v) is 16.1. The number of carbonyl (C=O) groups excluding carboxylic acids is 1.